The summed E-state index contributed by atoms with van der Waals surface area (Å²) >= 11 is 0. The predicted molar refractivity (Wildman–Crippen MR) is 115 cm³/mol. The first-order valence-electron chi connectivity index (χ1n) is 11.1. The summed E-state index contributed by atoms with van der Waals surface area (Å²) < 4.78 is 20.6. The number of likely N-dealkylation sites (tertiary alicyclic amines) is 1. The molecule has 2 atom stereocenters. The SMILES string of the molecule is COc1cccc2c1OC(C)(C)[C@H]1CC3(CCN(Cc4cnn(C)c4)CC3)CO[C@H]21. The molecule has 2 saturated heterocycles. The summed E-state index contributed by atoms with van der Waals surface area (Å²) in [5.74, 6) is 2.00. The molecule has 3 aliphatic heterocycles. The van der Waals surface area contributed by atoms with Crippen molar-refractivity contribution in [2.24, 2.45) is 18.4 Å². The number of ether oxygens (including phenoxy) is 3. The van der Waals surface area contributed by atoms with Crippen molar-refractivity contribution in [2.75, 3.05) is 26.8 Å². The van der Waals surface area contributed by atoms with Gasteiger partial charge in [0, 0.05) is 36.8 Å². The van der Waals surface area contributed by atoms with Crippen molar-refractivity contribution >= 4 is 0 Å². The quantitative estimate of drug-likeness (QED) is 0.765. The number of methoxy groups -OCH3 is 1. The van der Waals surface area contributed by atoms with Crippen molar-refractivity contribution in [3.8, 4) is 11.5 Å². The molecule has 6 heteroatoms. The summed E-state index contributed by atoms with van der Waals surface area (Å²) in [6.45, 7) is 8.46. The standard InChI is InChI=1S/C24H33N3O3/c1-23(2)19-12-24(8-10-27(11-9-24)15-17-13-25-26(3)14-17)16-29-21(19)18-6-5-7-20(28-4)22(18)30-23/h5-7,13-14,19,21H,8-12,15-16H2,1-4H3/t19-,21+/m0/s1. The maximum Gasteiger partial charge on any atom is 0.167 e. The molecule has 1 aromatic heterocycles. The molecule has 3 aliphatic rings. The van der Waals surface area contributed by atoms with E-state index < -0.39 is 0 Å². The minimum atomic E-state index is -0.285. The summed E-state index contributed by atoms with van der Waals surface area (Å²) in [4.78, 5) is 2.55. The Labute approximate surface area is 179 Å². The van der Waals surface area contributed by atoms with E-state index in [0.29, 0.717) is 5.92 Å². The highest BCUT2D eigenvalue weighted by Crippen LogP contribution is 2.57. The maximum absolute atomic E-state index is 6.63. The van der Waals surface area contributed by atoms with Gasteiger partial charge in [-0.2, -0.15) is 5.10 Å². The molecule has 2 aromatic rings. The molecule has 0 N–H and O–H groups in total. The molecule has 5 rings (SSSR count). The number of rotatable bonds is 3. The second kappa shape index (κ2) is 7.27. The Hall–Kier alpha value is -2.05. The predicted octanol–water partition coefficient (Wildman–Crippen LogP) is 3.96. The lowest BCUT2D eigenvalue weighted by atomic mass is 9.64. The molecular formula is C24H33N3O3. The molecule has 0 unspecified atom stereocenters. The third kappa shape index (κ3) is 3.40. The van der Waals surface area contributed by atoms with Crippen LogP contribution in [0.4, 0.5) is 0 Å². The van der Waals surface area contributed by atoms with Crippen molar-refractivity contribution in [3.05, 3.63) is 41.7 Å². The molecule has 4 heterocycles. The van der Waals surface area contributed by atoms with E-state index in [9.17, 15) is 0 Å². The van der Waals surface area contributed by atoms with E-state index in [4.69, 9.17) is 14.2 Å². The van der Waals surface area contributed by atoms with Gasteiger partial charge in [-0.05, 0) is 57.7 Å². The van der Waals surface area contributed by atoms with Crippen LogP contribution in [0.5, 0.6) is 11.5 Å². The second-order valence-corrected chi connectivity index (χ2v) is 9.92. The van der Waals surface area contributed by atoms with Crippen LogP contribution in [0.1, 0.15) is 50.3 Å². The molecule has 0 aliphatic carbocycles. The summed E-state index contributed by atoms with van der Waals surface area (Å²) in [5, 5.41) is 4.30. The molecule has 0 bridgehead atoms. The zero-order valence-corrected chi connectivity index (χ0v) is 18.6. The Balaban J connectivity index is 1.31. The second-order valence-electron chi connectivity index (χ2n) is 9.92. The average Bonchev–Trinajstić information content (AvgIpc) is 3.14. The average molecular weight is 412 g/mol. The van der Waals surface area contributed by atoms with Gasteiger partial charge in [-0.1, -0.05) is 12.1 Å². The number of aromatic nitrogens is 2. The van der Waals surface area contributed by atoms with Crippen LogP contribution in [0.25, 0.3) is 0 Å². The maximum atomic E-state index is 6.63. The van der Waals surface area contributed by atoms with Gasteiger partial charge in [0.1, 0.15) is 5.60 Å². The number of piperidine rings is 1. The van der Waals surface area contributed by atoms with E-state index in [0.717, 1.165) is 49.7 Å². The number of benzene rings is 1. The third-order valence-corrected chi connectivity index (χ3v) is 7.46. The van der Waals surface area contributed by atoms with Gasteiger partial charge in [-0.25, -0.2) is 0 Å². The minimum Gasteiger partial charge on any atom is -0.493 e. The van der Waals surface area contributed by atoms with Crippen LogP contribution in [-0.4, -0.2) is 47.1 Å². The molecule has 0 saturated carbocycles. The highest BCUT2D eigenvalue weighted by molar-refractivity contribution is 5.50. The fourth-order valence-electron chi connectivity index (χ4n) is 5.64. The van der Waals surface area contributed by atoms with Gasteiger partial charge in [-0.3, -0.25) is 9.58 Å². The Morgan fingerprint density at radius 2 is 2.03 bits per heavy atom. The van der Waals surface area contributed by atoms with Crippen LogP contribution in [0.15, 0.2) is 30.6 Å². The number of hydrogen-bond acceptors (Lipinski definition) is 5. The normalized spacial score (nSPS) is 27.2. The van der Waals surface area contributed by atoms with Gasteiger partial charge >= 0.3 is 0 Å². The smallest absolute Gasteiger partial charge is 0.167 e. The fraction of sp³-hybridized carbons (Fsp3) is 0.625. The number of fused-ring (bicyclic) bond motifs is 3. The van der Waals surface area contributed by atoms with Crippen molar-refractivity contribution in [2.45, 2.75) is 51.4 Å². The van der Waals surface area contributed by atoms with E-state index in [1.165, 1.54) is 18.4 Å². The van der Waals surface area contributed by atoms with Gasteiger partial charge in [0.2, 0.25) is 0 Å². The summed E-state index contributed by atoms with van der Waals surface area (Å²) in [6.07, 6.45) is 7.69. The zero-order valence-electron chi connectivity index (χ0n) is 18.6. The van der Waals surface area contributed by atoms with E-state index in [1.807, 2.05) is 30.1 Å². The van der Waals surface area contributed by atoms with Gasteiger partial charge in [0.05, 0.1) is 26.0 Å². The van der Waals surface area contributed by atoms with Crippen LogP contribution in [0.3, 0.4) is 0 Å². The largest absolute Gasteiger partial charge is 0.493 e. The topological polar surface area (TPSA) is 48.8 Å². The molecule has 6 nitrogen and oxygen atoms in total. The van der Waals surface area contributed by atoms with Gasteiger partial charge in [0.25, 0.3) is 0 Å². The Morgan fingerprint density at radius 3 is 2.73 bits per heavy atom. The number of nitrogens with zero attached hydrogens (tertiary/aromatic N) is 3. The van der Waals surface area contributed by atoms with Gasteiger partial charge < -0.3 is 14.2 Å². The molecule has 0 amide bonds. The lowest BCUT2D eigenvalue weighted by molar-refractivity contribution is -0.174. The first-order chi connectivity index (χ1) is 14.4. The van der Waals surface area contributed by atoms with Crippen molar-refractivity contribution in [3.63, 3.8) is 0 Å². The van der Waals surface area contributed by atoms with Crippen molar-refractivity contribution < 1.29 is 14.2 Å². The van der Waals surface area contributed by atoms with E-state index in [-0.39, 0.29) is 17.1 Å². The lowest BCUT2D eigenvalue weighted by Gasteiger charge is -2.54. The van der Waals surface area contributed by atoms with Crippen LogP contribution < -0.4 is 9.47 Å². The highest BCUT2D eigenvalue weighted by Gasteiger charge is 2.53. The molecule has 1 aromatic carbocycles. The third-order valence-electron chi connectivity index (χ3n) is 7.46. The van der Waals surface area contributed by atoms with Gasteiger partial charge in [0.15, 0.2) is 11.5 Å². The number of para-hydroxylation sites is 1. The van der Waals surface area contributed by atoms with Crippen LogP contribution in [0.2, 0.25) is 0 Å². The first-order valence-corrected chi connectivity index (χ1v) is 11.1. The van der Waals surface area contributed by atoms with Crippen LogP contribution in [0, 0.1) is 11.3 Å². The van der Waals surface area contributed by atoms with Crippen LogP contribution in [-0.2, 0) is 18.3 Å². The monoisotopic (exact) mass is 411 g/mol. The molecule has 2 fully saturated rings. The lowest BCUT2D eigenvalue weighted by Crippen LogP contribution is -2.54. The zero-order chi connectivity index (χ0) is 20.9. The van der Waals surface area contributed by atoms with Crippen LogP contribution >= 0.6 is 0 Å². The summed E-state index contributed by atoms with van der Waals surface area (Å²) in [7, 11) is 3.68. The number of hydrogen-bond donors (Lipinski definition) is 0. The Morgan fingerprint density at radius 1 is 1.23 bits per heavy atom. The van der Waals surface area contributed by atoms with E-state index in [1.54, 1.807) is 7.11 Å². The summed E-state index contributed by atoms with van der Waals surface area (Å²) in [6, 6.07) is 6.15. The molecule has 0 radical (unpaired) electrons. The minimum absolute atomic E-state index is 0.0814. The highest BCUT2D eigenvalue weighted by atomic mass is 16.5. The Bertz CT molecular complexity index is 914. The molecule has 1 spiro atoms. The van der Waals surface area contributed by atoms with E-state index in [2.05, 4.69) is 36.1 Å². The fourth-order valence-corrected chi connectivity index (χ4v) is 5.64. The number of aryl methyl sites for hydroxylation is 1. The molecular weight excluding hydrogens is 378 g/mol. The van der Waals surface area contributed by atoms with Gasteiger partial charge in [-0.15, -0.1) is 0 Å². The van der Waals surface area contributed by atoms with Crippen molar-refractivity contribution in [1.82, 2.24) is 14.7 Å². The Kier molecular flexibility index (Phi) is 4.82. The molecule has 30 heavy (non-hydrogen) atoms. The van der Waals surface area contributed by atoms with Crippen molar-refractivity contribution in [1.29, 1.82) is 0 Å². The molecule has 162 valence electrons. The summed E-state index contributed by atoms with van der Waals surface area (Å²) in [5.41, 5.74) is 2.40. The first kappa shape index (κ1) is 19.9. The van der Waals surface area contributed by atoms with E-state index >= 15 is 0 Å².